The number of aromatic nitrogens is 1. The summed E-state index contributed by atoms with van der Waals surface area (Å²) in [5, 5.41) is 0. The van der Waals surface area contributed by atoms with Crippen molar-refractivity contribution in [1.29, 1.82) is 0 Å². The average molecular weight is 256 g/mol. The van der Waals surface area contributed by atoms with Crippen LogP contribution < -0.4 is 10.5 Å². The SMILES string of the molecule is Cc1cc(Oc2ccc(C(C)C)c(C)c2)ncc1N. The van der Waals surface area contributed by atoms with Crippen LogP contribution in [0.25, 0.3) is 0 Å². The molecule has 2 aromatic rings. The summed E-state index contributed by atoms with van der Waals surface area (Å²) in [5.74, 6) is 1.90. The third-order valence-electron chi connectivity index (χ3n) is 3.21. The highest BCUT2D eigenvalue weighted by atomic mass is 16.5. The van der Waals surface area contributed by atoms with Gasteiger partial charge in [0.25, 0.3) is 0 Å². The molecule has 0 amide bonds. The molecule has 0 aliphatic rings. The summed E-state index contributed by atoms with van der Waals surface area (Å²) >= 11 is 0. The zero-order valence-corrected chi connectivity index (χ0v) is 11.9. The number of nitrogens with zero attached hydrogens (tertiary/aromatic N) is 1. The summed E-state index contributed by atoms with van der Waals surface area (Å²) in [6.07, 6.45) is 1.63. The van der Waals surface area contributed by atoms with Gasteiger partial charge in [-0.2, -0.15) is 0 Å². The highest BCUT2D eigenvalue weighted by Gasteiger charge is 2.06. The Labute approximate surface area is 114 Å². The molecule has 3 nitrogen and oxygen atoms in total. The number of rotatable bonds is 3. The topological polar surface area (TPSA) is 48.1 Å². The zero-order valence-electron chi connectivity index (χ0n) is 11.9. The molecule has 0 radical (unpaired) electrons. The van der Waals surface area contributed by atoms with Crippen LogP contribution in [0.5, 0.6) is 11.6 Å². The molecule has 1 heterocycles. The molecule has 0 unspecified atom stereocenters. The van der Waals surface area contributed by atoms with Gasteiger partial charge in [-0.1, -0.05) is 19.9 Å². The quantitative estimate of drug-likeness (QED) is 0.895. The number of hydrogen-bond donors (Lipinski definition) is 1. The Morgan fingerprint density at radius 2 is 1.84 bits per heavy atom. The first-order chi connectivity index (χ1) is 8.97. The Bertz CT molecular complexity index is 591. The van der Waals surface area contributed by atoms with Crippen molar-refractivity contribution in [2.24, 2.45) is 0 Å². The highest BCUT2D eigenvalue weighted by molar-refractivity contribution is 5.46. The molecule has 1 aromatic heterocycles. The van der Waals surface area contributed by atoms with Crippen molar-refractivity contribution < 1.29 is 4.74 Å². The zero-order chi connectivity index (χ0) is 14.0. The van der Waals surface area contributed by atoms with E-state index in [-0.39, 0.29) is 0 Å². The first kappa shape index (κ1) is 13.4. The van der Waals surface area contributed by atoms with Gasteiger partial charge in [0.2, 0.25) is 5.88 Å². The van der Waals surface area contributed by atoms with Gasteiger partial charge in [-0.25, -0.2) is 4.98 Å². The fourth-order valence-corrected chi connectivity index (χ4v) is 2.08. The van der Waals surface area contributed by atoms with Crippen LogP contribution in [0.3, 0.4) is 0 Å². The lowest BCUT2D eigenvalue weighted by Gasteiger charge is -2.12. The van der Waals surface area contributed by atoms with Crippen molar-refractivity contribution >= 4 is 5.69 Å². The largest absolute Gasteiger partial charge is 0.439 e. The minimum Gasteiger partial charge on any atom is -0.439 e. The van der Waals surface area contributed by atoms with Crippen LogP contribution in [-0.4, -0.2) is 4.98 Å². The fourth-order valence-electron chi connectivity index (χ4n) is 2.08. The maximum absolute atomic E-state index is 5.76. The van der Waals surface area contributed by atoms with Gasteiger partial charge in [0.15, 0.2) is 0 Å². The van der Waals surface area contributed by atoms with Crippen molar-refractivity contribution in [3.8, 4) is 11.6 Å². The molecule has 0 bridgehead atoms. The maximum Gasteiger partial charge on any atom is 0.219 e. The highest BCUT2D eigenvalue weighted by Crippen LogP contribution is 2.27. The van der Waals surface area contributed by atoms with E-state index in [1.807, 2.05) is 25.1 Å². The third-order valence-corrected chi connectivity index (χ3v) is 3.21. The van der Waals surface area contributed by atoms with Crippen molar-refractivity contribution in [3.05, 3.63) is 47.2 Å². The molecule has 0 atom stereocenters. The van der Waals surface area contributed by atoms with Gasteiger partial charge in [0.05, 0.1) is 11.9 Å². The molecule has 0 saturated carbocycles. The number of ether oxygens (including phenoxy) is 1. The van der Waals surface area contributed by atoms with Gasteiger partial charge in [-0.15, -0.1) is 0 Å². The Hall–Kier alpha value is -2.03. The van der Waals surface area contributed by atoms with Crippen molar-refractivity contribution in [2.45, 2.75) is 33.6 Å². The summed E-state index contributed by atoms with van der Waals surface area (Å²) in [7, 11) is 0. The number of nitrogens with two attached hydrogens (primary N) is 1. The summed E-state index contributed by atoms with van der Waals surface area (Å²) in [4.78, 5) is 4.17. The third kappa shape index (κ3) is 3.05. The fraction of sp³-hybridized carbons (Fsp3) is 0.312. The minimum atomic E-state index is 0.519. The first-order valence-electron chi connectivity index (χ1n) is 6.48. The van der Waals surface area contributed by atoms with E-state index < -0.39 is 0 Å². The van der Waals surface area contributed by atoms with Crippen LogP contribution in [0.15, 0.2) is 30.5 Å². The molecular weight excluding hydrogens is 236 g/mol. The number of aryl methyl sites for hydroxylation is 2. The second kappa shape index (κ2) is 5.31. The molecule has 0 saturated heterocycles. The molecule has 2 N–H and O–H groups in total. The lowest BCUT2D eigenvalue weighted by molar-refractivity contribution is 0.462. The van der Waals surface area contributed by atoms with E-state index in [4.69, 9.17) is 10.5 Å². The standard InChI is InChI=1S/C16H20N2O/c1-10(2)14-6-5-13(7-11(14)3)19-16-8-12(4)15(17)9-18-16/h5-10H,17H2,1-4H3. The number of nitrogen functional groups attached to an aromatic ring is 1. The second-order valence-electron chi connectivity index (χ2n) is 5.15. The normalized spacial score (nSPS) is 10.8. The van der Waals surface area contributed by atoms with Gasteiger partial charge in [-0.05, 0) is 48.6 Å². The second-order valence-corrected chi connectivity index (χ2v) is 5.15. The van der Waals surface area contributed by atoms with Crippen LogP contribution in [0.2, 0.25) is 0 Å². The number of benzene rings is 1. The number of pyridine rings is 1. The number of hydrogen-bond acceptors (Lipinski definition) is 3. The van der Waals surface area contributed by atoms with Crippen molar-refractivity contribution in [2.75, 3.05) is 5.73 Å². The molecule has 100 valence electrons. The van der Waals surface area contributed by atoms with Gasteiger partial charge in [0.1, 0.15) is 5.75 Å². The monoisotopic (exact) mass is 256 g/mol. The minimum absolute atomic E-state index is 0.519. The predicted octanol–water partition coefficient (Wildman–Crippen LogP) is 4.20. The molecule has 1 aromatic carbocycles. The Kier molecular flexibility index (Phi) is 3.74. The molecule has 2 rings (SSSR count). The van der Waals surface area contributed by atoms with Crippen molar-refractivity contribution in [3.63, 3.8) is 0 Å². The molecule has 0 fully saturated rings. The van der Waals surface area contributed by atoms with E-state index in [9.17, 15) is 0 Å². The van der Waals surface area contributed by atoms with E-state index in [1.165, 1.54) is 11.1 Å². The van der Waals surface area contributed by atoms with Gasteiger partial charge in [-0.3, -0.25) is 0 Å². The Balaban J connectivity index is 2.24. The van der Waals surface area contributed by atoms with Gasteiger partial charge >= 0.3 is 0 Å². The maximum atomic E-state index is 5.76. The Morgan fingerprint density at radius 1 is 1.11 bits per heavy atom. The average Bonchev–Trinajstić information content (AvgIpc) is 2.33. The Morgan fingerprint density at radius 3 is 2.42 bits per heavy atom. The summed E-state index contributed by atoms with van der Waals surface area (Å²) in [6, 6.07) is 7.99. The van der Waals surface area contributed by atoms with E-state index in [1.54, 1.807) is 6.20 Å². The van der Waals surface area contributed by atoms with Gasteiger partial charge in [0, 0.05) is 6.07 Å². The van der Waals surface area contributed by atoms with E-state index in [0.717, 1.165) is 11.3 Å². The van der Waals surface area contributed by atoms with E-state index >= 15 is 0 Å². The van der Waals surface area contributed by atoms with E-state index in [2.05, 4.69) is 31.8 Å². The molecule has 0 spiro atoms. The molecule has 3 heteroatoms. The molecule has 0 aliphatic heterocycles. The van der Waals surface area contributed by atoms with Crippen LogP contribution in [-0.2, 0) is 0 Å². The molecular formula is C16H20N2O. The first-order valence-corrected chi connectivity index (χ1v) is 6.48. The summed E-state index contributed by atoms with van der Waals surface area (Å²) in [5.41, 5.74) is 9.97. The molecule has 0 aliphatic carbocycles. The van der Waals surface area contributed by atoms with Crippen LogP contribution in [0, 0.1) is 13.8 Å². The predicted molar refractivity (Wildman–Crippen MR) is 78.7 cm³/mol. The summed E-state index contributed by atoms with van der Waals surface area (Å²) < 4.78 is 5.76. The van der Waals surface area contributed by atoms with Crippen molar-refractivity contribution in [1.82, 2.24) is 4.98 Å². The smallest absolute Gasteiger partial charge is 0.219 e. The molecule has 19 heavy (non-hydrogen) atoms. The van der Waals surface area contributed by atoms with Crippen LogP contribution in [0.4, 0.5) is 5.69 Å². The summed E-state index contributed by atoms with van der Waals surface area (Å²) in [6.45, 7) is 8.42. The van der Waals surface area contributed by atoms with E-state index in [0.29, 0.717) is 17.5 Å². The van der Waals surface area contributed by atoms with Gasteiger partial charge < -0.3 is 10.5 Å². The van der Waals surface area contributed by atoms with Crippen LogP contribution in [0.1, 0.15) is 36.5 Å². The lowest BCUT2D eigenvalue weighted by Crippen LogP contribution is -1.96. The number of anilines is 1. The van der Waals surface area contributed by atoms with Crippen LogP contribution >= 0.6 is 0 Å². The lowest BCUT2D eigenvalue weighted by atomic mass is 9.98.